The molecule has 4 rings (SSSR count). The summed E-state index contributed by atoms with van der Waals surface area (Å²) in [5, 5.41) is 3.53. The van der Waals surface area contributed by atoms with Gasteiger partial charge in [-0.05, 0) is 80.3 Å². The second-order valence-corrected chi connectivity index (χ2v) is 9.69. The van der Waals surface area contributed by atoms with Crippen LogP contribution in [0.1, 0.15) is 46.6 Å². The number of aryl methyl sites for hydroxylation is 3. The molecule has 0 aliphatic carbocycles. The zero-order valence-electron chi connectivity index (χ0n) is 21.3. The molecule has 1 amide bonds. The summed E-state index contributed by atoms with van der Waals surface area (Å²) in [6.45, 7) is 4.80. The molecule has 0 saturated heterocycles. The fourth-order valence-corrected chi connectivity index (χ4v) is 4.36. The Hall–Kier alpha value is -3.64. The molecule has 1 heterocycles. The molecule has 6 nitrogen and oxygen atoms in total. The highest BCUT2D eigenvalue weighted by Crippen LogP contribution is 2.20. The summed E-state index contributed by atoms with van der Waals surface area (Å²) in [5.41, 5.74) is 4.59. The molecule has 0 atom stereocenters. The Balaban J connectivity index is 1.25. The quantitative estimate of drug-likeness (QED) is 0.182. The minimum Gasteiger partial charge on any atom is -0.483 e. The average molecular weight is 518 g/mol. The Kier molecular flexibility index (Phi) is 8.96. The van der Waals surface area contributed by atoms with Gasteiger partial charge in [-0.25, -0.2) is 4.98 Å². The number of benzene rings is 3. The van der Waals surface area contributed by atoms with Gasteiger partial charge in [0.05, 0.1) is 17.6 Å². The van der Waals surface area contributed by atoms with Crippen molar-refractivity contribution in [1.82, 2.24) is 14.9 Å². The molecule has 0 bridgehead atoms. The first-order chi connectivity index (χ1) is 17.9. The molecule has 1 N–H and O–H groups in total. The van der Waals surface area contributed by atoms with Crippen LogP contribution in [0.15, 0.2) is 66.7 Å². The Morgan fingerprint density at radius 3 is 2.57 bits per heavy atom. The first-order valence-corrected chi connectivity index (χ1v) is 13.0. The molecule has 37 heavy (non-hydrogen) atoms. The lowest BCUT2D eigenvalue weighted by molar-refractivity contribution is -0.123. The number of para-hydroxylation sites is 2. The third kappa shape index (κ3) is 7.20. The van der Waals surface area contributed by atoms with Gasteiger partial charge in [-0.1, -0.05) is 42.3 Å². The number of hydrogen-bond donors (Lipinski definition) is 1. The topological polar surface area (TPSA) is 73.2 Å². The maximum atomic E-state index is 12.9. The van der Waals surface area contributed by atoms with Crippen molar-refractivity contribution in [2.24, 2.45) is 0 Å². The zero-order valence-corrected chi connectivity index (χ0v) is 22.1. The van der Waals surface area contributed by atoms with Gasteiger partial charge in [0.25, 0.3) is 5.91 Å². The van der Waals surface area contributed by atoms with E-state index in [0.717, 1.165) is 59.4 Å². The predicted molar refractivity (Wildman–Crippen MR) is 147 cm³/mol. The van der Waals surface area contributed by atoms with E-state index in [1.165, 1.54) is 0 Å². The van der Waals surface area contributed by atoms with Gasteiger partial charge < -0.3 is 14.6 Å². The molecule has 7 heteroatoms. The average Bonchev–Trinajstić information content (AvgIpc) is 3.24. The maximum absolute atomic E-state index is 12.9. The summed E-state index contributed by atoms with van der Waals surface area (Å²) in [5.74, 6) is 1.54. The number of amides is 1. The standard InChI is InChI=1S/C30H32ClN3O3/c1-21-11-12-22(2)28(18-21)37-20-30(36)32-17-7-3-4-10-29-33-25-8-5-6-9-26(25)34(29)19-27(35)23-13-15-24(31)16-14-23/h5-6,8-9,11-16,18H,3-4,7,10,17,19-20H2,1-2H3,(H,32,36). The monoisotopic (exact) mass is 517 g/mol. The van der Waals surface area contributed by atoms with E-state index in [-0.39, 0.29) is 24.8 Å². The third-order valence-corrected chi connectivity index (χ3v) is 6.56. The Morgan fingerprint density at radius 1 is 0.973 bits per heavy atom. The second-order valence-electron chi connectivity index (χ2n) is 9.25. The lowest BCUT2D eigenvalue weighted by Gasteiger charge is -2.11. The van der Waals surface area contributed by atoms with Crippen LogP contribution in [0.5, 0.6) is 5.75 Å². The molecule has 0 unspecified atom stereocenters. The van der Waals surface area contributed by atoms with Crippen molar-refractivity contribution >= 4 is 34.3 Å². The number of unbranched alkanes of at least 4 members (excludes halogenated alkanes) is 2. The first kappa shape index (κ1) is 26.4. The number of rotatable bonds is 12. The Bertz CT molecular complexity index is 1380. The van der Waals surface area contributed by atoms with E-state index in [4.69, 9.17) is 21.3 Å². The number of halogens is 1. The van der Waals surface area contributed by atoms with E-state index < -0.39 is 0 Å². The number of nitrogens with one attached hydrogen (secondary N) is 1. The van der Waals surface area contributed by atoms with Gasteiger partial charge in [-0.3, -0.25) is 9.59 Å². The van der Waals surface area contributed by atoms with Gasteiger partial charge in [0.1, 0.15) is 11.6 Å². The van der Waals surface area contributed by atoms with Crippen molar-refractivity contribution in [1.29, 1.82) is 0 Å². The lowest BCUT2D eigenvalue weighted by Crippen LogP contribution is -2.29. The largest absolute Gasteiger partial charge is 0.483 e. The number of imidazole rings is 1. The highest BCUT2D eigenvalue weighted by molar-refractivity contribution is 6.30. The molecular weight excluding hydrogens is 486 g/mol. The van der Waals surface area contributed by atoms with E-state index in [9.17, 15) is 9.59 Å². The smallest absolute Gasteiger partial charge is 0.257 e. The fraction of sp³-hybridized carbons (Fsp3) is 0.300. The van der Waals surface area contributed by atoms with Crippen LogP contribution in [0.2, 0.25) is 5.02 Å². The third-order valence-electron chi connectivity index (χ3n) is 6.30. The SMILES string of the molecule is Cc1ccc(C)c(OCC(=O)NCCCCCc2nc3ccccc3n2CC(=O)c2ccc(Cl)cc2)c1. The zero-order chi connectivity index (χ0) is 26.2. The highest BCUT2D eigenvalue weighted by atomic mass is 35.5. The van der Waals surface area contributed by atoms with E-state index >= 15 is 0 Å². The summed E-state index contributed by atoms with van der Waals surface area (Å²) >= 11 is 5.97. The number of Topliss-reactive ketones (excluding diaryl/α,β-unsaturated/α-hetero) is 1. The normalized spacial score (nSPS) is 11.0. The number of fused-ring (bicyclic) bond motifs is 1. The van der Waals surface area contributed by atoms with Crippen LogP contribution in [0.25, 0.3) is 11.0 Å². The van der Waals surface area contributed by atoms with Crippen LogP contribution < -0.4 is 10.1 Å². The van der Waals surface area contributed by atoms with Crippen LogP contribution in [-0.2, 0) is 17.8 Å². The van der Waals surface area contributed by atoms with Crippen LogP contribution in [0.3, 0.4) is 0 Å². The van der Waals surface area contributed by atoms with Crippen LogP contribution in [0, 0.1) is 13.8 Å². The van der Waals surface area contributed by atoms with Crippen molar-refractivity contribution in [2.75, 3.05) is 13.2 Å². The molecule has 0 fully saturated rings. The molecular formula is C30H32ClN3O3. The molecule has 0 spiro atoms. The summed E-state index contributed by atoms with van der Waals surface area (Å²) in [6.07, 6.45) is 3.46. The highest BCUT2D eigenvalue weighted by Gasteiger charge is 2.15. The van der Waals surface area contributed by atoms with Gasteiger partial charge in [0.15, 0.2) is 12.4 Å². The number of ether oxygens (including phenoxy) is 1. The minimum atomic E-state index is -0.122. The molecule has 0 radical (unpaired) electrons. The number of aromatic nitrogens is 2. The summed E-state index contributed by atoms with van der Waals surface area (Å²) in [7, 11) is 0. The first-order valence-electron chi connectivity index (χ1n) is 12.6. The van der Waals surface area contributed by atoms with Crippen molar-refractivity contribution in [3.63, 3.8) is 0 Å². The summed E-state index contributed by atoms with van der Waals surface area (Å²) in [4.78, 5) is 29.9. The van der Waals surface area contributed by atoms with Crippen LogP contribution in [0.4, 0.5) is 0 Å². The van der Waals surface area contributed by atoms with Crippen molar-refractivity contribution in [3.05, 3.63) is 94.3 Å². The number of nitrogens with zero attached hydrogens (tertiary/aromatic N) is 2. The van der Waals surface area contributed by atoms with Gasteiger partial charge in [-0.2, -0.15) is 0 Å². The van der Waals surface area contributed by atoms with Gasteiger partial charge in [-0.15, -0.1) is 0 Å². The van der Waals surface area contributed by atoms with E-state index in [0.29, 0.717) is 17.1 Å². The molecule has 1 aromatic heterocycles. The van der Waals surface area contributed by atoms with Crippen molar-refractivity contribution in [3.8, 4) is 5.75 Å². The summed E-state index contributed by atoms with van der Waals surface area (Å²) < 4.78 is 7.68. The lowest BCUT2D eigenvalue weighted by atomic mass is 10.1. The predicted octanol–water partition coefficient (Wildman–Crippen LogP) is 6.10. The van der Waals surface area contributed by atoms with E-state index in [1.54, 1.807) is 24.3 Å². The summed E-state index contributed by atoms with van der Waals surface area (Å²) in [6, 6.07) is 20.8. The molecule has 192 valence electrons. The molecule has 0 aliphatic heterocycles. The Morgan fingerprint density at radius 2 is 1.76 bits per heavy atom. The number of carbonyl (C=O) groups is 2. The van der Waals surface area contributed by atoms with E-state index in [1.807, 2.05) is 60.9 Å². The minimum absolute atomic E-state index is 0.00989. The van der Waals surface area contributed by atoms with Crippen LogP contribution >= 0.6 is 11.6 Å². The maximum Gasteiger partial charge on any atom is 0.257 e. The van der Waals surface area contributed by atoms with Crippen molar-refractivity contribution < 1.29 is 14.3 Å². The number of ketones is 1. The van der Waals surface area contributed by atoms with Gasteiger partial charge in [0.2, 0.25) is 0 Å². The molecule has 4 aromatic rings. The van der Waals surface area contributed by atoms with Crippen LogP contribution in [-0.4, -0.2) is 34.4 Å². The Labute approximate surface area is 222 Å². The second kappa shape index (κ2) is 12.5. The molecule has 3 aromatic carbocycles. The van der Waals surface area contributed by atoms with E-state index in [2.05, 4.69) is 5.32 Å². The molecule has 0 aliphatic rings. The van der Waals surface area contributed by atoms with Crippen molar-refractivity contribution in [2.45, 2.75) is 46.1 Å². The number of hydrogen-bond acceptors (Lipinski definition) is 4. The van der Waals surface area contributed by atoms with Gasteiger partial charge >= 0.3 is 0 Å². The van der Waals surface area contributed by atoms with Gasteiger partial charge in [0, 0.05) is 23.6 Å². The number of carbonyl (C=O) groups excluding carboxylic acids is 2. The fourth-order valence-electron chi connectivity index (χ4n) is 4.23. The molecule has 0 saturated carbocycles.